The first-order valence-corrected chi connectivity index (χ1v) is 8.27. The monoisotopic (exact) mass is 280 g/mol. The molecule has 1 heterocycles. The molecule has 0 aliphatic rings. The second-order valence-corrected chi connectivity index (χ2v) is 6.76. The molecule has 0 saturated heterocycles. The Balaban J connectivity index is 2.23. The second kappa shape index (κ2) is 5.75. The van der Waals surface area contributed by atoms with Gasteiger partial charge in [0, 0.05) is 23.6 Å². The van der Waals surface area contributed by atoms with Crippen LogP contribution in [0.1, 0.15) is 31.4 Å². The number of nitrogens with one attached hydrogen (secondary N) is 2. The van der Waals surface area contributed by atoms with Crippen molar-refractivity contribution in [1.29, 1.82) is 0 Å². The van der Waals surface area contributed by atoms with E-state index in [1.807, 2.05) is 18.3 Å². The zero-order valence-corrected chi connectivity index (χ0v) is 12.2. The maximum Gasteiger partial charge on any atom is 0.211 e. The lowest BCUT2D eigenvalue weighted by molar-refractivity contribution is 0.582. The summed E-state index contributed by atoms with van der Waals surface area (Å²) in [6.45, 7) is 4.14. The van der Waals surface area contributed by atoms with Crippen LogP contribution in [-0.4, -0.2) is 19.2 Å². The highest BCUT2D eigenvalue weighted by molar-refractivity contribution is 7.89. The number of hydrogen-bond donors (Lipinski definition) is 2. The van der Waals surface area contributed by atoms with Crippen molar-refractivity contribution >= 4 is 20.9 Å². The molecule has 0 bridgehead atoms. The molecule has 0 fully saturated rings. The van der Waals surface area contributed by atoms with Gasteiger partial charge < -0.3 is 4.98 Å². The van der Waals surface area contributed by atoms with Crippen LogP contribution in [0.15, 0.2) is 24.4 Å². The van der Waals surface area contributed by atoms with Gasteiger partial charge in [0.1, 0.15) is 0 Å². The van der Waals surface area contributed by atoms with E-state index < -0.39 is 10.0 Å². The number of fused-ring (bicyclic) bond motifs is 1. The highest BCUT2D eigenvalue weighted by Crippen LogP contribution is 2.21. The molecule has 19 heavy (non-hydrogen) atoms. The Bertz CT molecular complexity index is 659. The number of benzene rings is 1. The number of sulfonamides is 1. The van der Waals surface area contributed by atoms with Gasteiger partial charge in [-0.1, -0.05) is 19.4 Å². The third-order valence-corrected chi connectivity index (χ3v) is 4.57. The summed E-state index contributed by atoms with van der Waals surface area (Å²) in [6.07, 6.45) is 4.16. The average molecular weight is 280 g/mol. The van der Waals surface area contributed by atoms with Crippen molar-refractivity contribution in [2.75, 3.05) is 5.75 Å². The van der Waals surface area contributed by atoms with Gasteiger partial charge in [0.2, 0.25) is 10.0 Å². The number of hydrogen-bond acceptors (Lipinski definition) is 2. The Morgan fingerprint density at radius 1 is 1.26 bits per heavy atom. The lowest BCUT2D eigenvalue weighted by Crippen LogP contribution is -2.24. The fourth-order valence-corrected chi connectivity index (χ4v) is 2.70. The van der Waals surface area contributed by atoms with Crippen LogP contribution >= 0.6 is 0 Å². The molecule has 2 rings (SSSR count). The highest BCUT2D eigenvalue weighted by atomic mass is 32.2. The minimum atomic E-state index is -3.14. The van der Waals surface area contributed by atoms with E-state index in [-0.39, 0.29) is 5.75 Å². The van der Waals surface area contributed by atoms with Crippen LogP contribution < -0.4 is 4.72 Å². The molecule has 0 amide bonds. The zero-order valence-electron chi connectivity index (χ0n) is 11.4. The highest BCUT2D eigenvalue weighted by Gasteiger charge is 2.08. The lowest BCUT2D eigenvalue weighted by atomic mass is 10.1. The quantitative estimate of drug-likeness (QED) is 0.854. The Hall–Kier alpha value is -1.33. The fraction of sp³-hybridized carbons (Fsp3) is 0.429. The molecule has 1 aromatic heterocycles. The first kappa shape index (κ1) is 14.1. The number of rotatable bonds is 6. The maximum atomic E-state index is 11.4. The fourth-order valence-electron chi connectivity index (χ4n) is 2.11. The molecule has 0 aliphatic heterocycles. The number of aryl methyl sites for hydroxylation is 1. The Labute approximate surface area is 114 Å². The van der Waals surface area contributed by atoms with Gasteiger partial charge in [-0.3, -0.25) is 0 Å². The van der Waals surface area contributed by atoms with E-state index in [0.29, 0.717) is 6.54 Å². The maximum absolute atomic E-state index is 11.4. The summed E-state index contributed by atoms with van der Waals surface area (Å²) in [5, 5.41) is 1.19. The second-order valence-electron chi connectivity index (χ2n) is 4.67. The van der Waals surface area contributed by atoms with Crippen molar-refractivity contribution in [3.63, 3.8) is 0 Å². The van der Waals surface area contributed by atoms with E-state index in [0.717, 1.165) is 23.9 Å². The van der Waals surface area contributed by atoms with Crippen molar-refractivity contribution in [2.45, 2.75) is 33.2 Å². The minimum absolute atomic E-state index is 0.112. The zero-order chi connectivity index (χ0) is 13.9. The van der Waals surface area contributed by atoms with E-state index in [1.54, 1.807) is 6.92 Å². The summed E-state index contributed by atoms with van der Waals surface area (Å²) in [6, 6.07) is 6.02. The summed E-state index contributed by atoms with van der Waals surface area (Å²) >= 11 is 0. The van der Waals surface area contributed by atoms with Crippen molar-refractivity contribution in [2.24, 2.45) is 0 Å². The van der Waals surface area contributed by atoms with E-state index in [4.69, 9.17) is 0 Å². The Kier molecular flexibility index (Phi) is 4.27. The van der Waals surface area contributed by atoms with Crippen LogP contribution in [0.4, 0.5) is 0 Å². The Morgan fingerprint density at radius 2 is 2.05 bits per heavy atom. The molecule has 0 saturated carbocycles. The van der Waals surface area contributed by atoms with Gasteiger partial charge >= 0.3 is 0 Å². The molecule has 2 N–H and O–H groups in total. The molecule has 104 valence electrons. The smallest absolute Gasteiger partial charge is 0.211 e. The molecule has 0 radical (unpaired) electrons. The van der Waals surface area contributed by atoms with Crippen LogP contribution in [0, 0.1) is 0 Å². The molecule has 1 aromatic carbocycles. The van der Waals surface area contributed by atoms with Gasteiger partial charge in [0.15, 0.2) is 0 Å². The summed E-state index contributed by atoms with van der Waals surface area (Å²) in [5.74, 6) is 0.112. The van der Waals surface area contributed by atoms with E-state index >= 15 is 0 Å². The van der Waals surface area contributed by atoms with Gasteiger partial charge in [-0.2, -0.15) is 0 Å². The van der Waals surface area contributed by atoms with Crippen LogP contribution in [-0.2, 0) is 23.0 Å². The topological polar surface area (TPSA) is 62.0 Å². The van der Waals surface area contributed by atoms with Crippen molar-refractivity contribution < 1.29 is 8.42 Å². The normalized spacial score (nSPS) is 12.1. The van der Waals surface area contributed by atoms with Crippen LogP contribution in [0.3, 0.4) is 0 Å². The third kappa shape index (κ3) is 3.36. The molecule has 4 nitrogen and oxygen atoms in total. The summed E-state index contributed by atoms with van der Waals surface area (Å²) in [4.78, 5) is 3.25. The number of H-pyrrole nitrogens is 1. The lowest BCUT2D eigenvalue weighted by Gasteiger charge is -2.05. The van der Waals surface area contributed by atoms with Crippen molar-refractivity contribution in [1.82, 2.24) is 9.71 Å². The Morgan fingerprint density at radius 3 is 2.74 bits per heavy atom. The van der Waals surface area contributed by atoms with Crippen molar-refractivity contribution in [3.8, 4) is 0 Å². The standard InChI is InChI=1S/C14H20N2O2S/c1-3-5-12-10-15-14-7-6-11(8-13(12)14)9-16-19(17,18)4-2/h6-8,10,15-16H,3-5,9H2,1-2H3. The molecule has 5 heteroatoms. The van der Waals surface area contributed by atoms with Gasteiger partial charge in [-0.25, -0.2) is 13.1 Å². The largest absolute Gasteiger partial charge is 0.361 e. The van der Waals surface area contributed by atoms with E-state index in [1.165, 1.54) is 10.9 Å². The van der Waals surface area contributed by atoms with Gasteiger partial charge in [0.05, 0.1) is 5.75 Å². The van der Waals surface area contributed by atoms with Gasteiger partial charge in [0.25, 0.3) is 0 Å². The average Bonchev–Trinajstić information content (AvgIpc) is 2.80. The third-order valence-electron chi connectivity index (χ3n) is 3.23. The number of aromatic amines is 1. The van der Waals surface area contributed by atoms with E-state index in [9.17, 15) is 8.42 Å². The molecule has 0 atom stereocenters. The van der Waals surface area contributed by atoms with Crippen LogP contribution in [0.25, 0.3) is 10.9 Å². The van der Waals surface area contributed by atoms with E-state index in [2.05, 4.69) is 22.7 Å². The summed E-state index contributed by atoms with van der Waals surface area (Å²) in [7, 11) is -3.14. The summed E-state index contributed by atoms with van der Waals surface area (Å²) < 4.78 is 25.5. The van der Waals surface area contributed by atoms with Crippen LogP contribution in [0.2, 0.25) is 0 Å². The molecule has 0 unspecified atom stereocenters. The van der Waals surface area contributed by atoms with Crippen LogP contribution in [0.5, 0.6) is 0 Å². The first-order valence-electron chi connectivity index (χ1n) is 6.62. The summed E-state index contributed by atoms with van der Waals surface area (Å²) in [5.41, 5.74) is 3.38. The van der Waals surface area contributed by atoms with Gasteiger partial charge in [-0.05, 0) is 36.6 Å². The number of aromatic nitrogens is 1. The predicted octanol–water partition coefficient (Wildman–Crippen LogP) is 2.56. The van der Waals surface area contributed by atoms with Gasteiger partial charge in [-0.15, -0.1) is 0 Å². The van der Waals surface area contributed by atoms with Crippen molar-refractivity contribution in [3.05, 3.63) is 35.5 Å². The molecule has 0 spiro atoms. The molecular weight excluding hydrogens is 260 g/mol. The molecule has 0 aliphatic carbocycles. The first-order chi connectivity index (χ1) is 9.05. The molecule has 2 aromatic rings. The minimum Gasteiger partial charge on any atom is -0.361 e. The SMILES string of the molecule is CCCc1c[nH]c2ccc(CNS(=O)(=O)CC)cc12. The molecular formula is C14H20N2O2S. The predicted molar refractivity (Wildman–Crippen MR) is 78.6 cm³/mol.